The molecule has 0 bridgehead atoms. The largest absolute Gasteiger partial charge is 0.497 e. The molecule has 134 valence electrons. The van der Waals surface area contributed by atoms with E-state index in [-0.39, 0.29) is 6.04 Å². The molecule has 6 heteroatoms. The van der Waals surface area contributed by atoms with Gasteiger partial charge in [-0.3, -0.25) is 9.88 Å². The Labute approximate surface area is 152 Å². The van der Waals surface area contributed by atoms with Crippen molar-refractivity contribution >= 4 is 0 Å². The molecule has 0 aliphatic carbocycles. The molecule has 0 spiro atoms. The van der Waals surface area contributed by atoms with E-state index < -0.39 is 0 Å². The van der Waals surface area contributed by atoms with E-state index in [2.05, 4.69) is 32.0 Å². The highest BCUT2D eigenvalue weighted by Crippen LogP contribution is 2.27. The highest BCUT2D eigenvalue weighted by atomic mass is 16.5. The van der Waals surface area contributed by atoms with Crippen molar-refractivity contribution < 1.29 is 9.47 Å². The first-order valence-electron chi connectivity index (χ1n) is 8.73. The zero-order valence-electron chi connectivity index (χ0n) is 14.8. The Kier molecular flexibility index (Phi) is 4.95. The van der Waals surface area contributed by atoms with E-state index in [9.17, 15) is 0 Å². The van der Waals surface area contributed by atoms with E-state index in [0.717, 1.165) is 42.5 Å². The molecule has 6 nitrogen and oxygen atoms in total. The molecule has 0 saturated carbocycles. The molecular formula is C20H22N4O2. The van der Waals surface area contributed by atoms with Crippen LogP contribution in [0.5, 0.6) is 5.75 Å². The first kappa shape index (κ1) is 16.8. The number of nitrogens with zero attached hydrogens (tertiary/aromatic N) is 3. The fourth-order valence-electron chi connectivity index (χ4n) is 3.23. The number of rotatable bonds is 5. The second-order valence-corrected chi connectivity index (χ2v) is 6.33. The van der Waals surface area contributed by atoms with Crippen molar-refractivity contribution in [3.63, 3.8) is 0 Å². The average Bonchev–Trinajstić information content (AvgIpc) is 3.19. The number of ether oxygens (including phenoxy) is 2. The third-order valence-electron chi connectivity index (χ3n) is 4.69. The summed E-state index contributed by atoms with van der Waals surface area (Å²) in [6.07, 6.45) is 5.55. The molecule has 0 amide bonds. The van der Waals surface area contributed by atoms with Crippen LogP contribution in [0, 0.1) is 0 Å². The number of aromatic nitrogens is 3. The van der Waals surface area contributed by atoms with Crippen molar-refractivity contribution in [2.24, 2.45) is 0 Å². The summed E-state index contributed by atoms with van der Waals surface area (Å²) in [6, 6.07) is 12.2. The lowest BCUT2D eigenvalue weighted by Gasteiger charge is -2.34. The van der Waals surface area contributed by atoms with E-state index in [1.54, 1.807) is 7.11 Å². The van der Waals surface area contributed by atoms with Crippen LogP contribution in [0.1, 0.15) is 17.4 Å². The first-order valence-corrected chi connectivity index (χ1v) is 8.73. The second kappa shape index (κ2) is 7.68. The van der Waals surface area contributed by atoms with Gasteiger partial charge in [-0.1, -0.05) is 0 Å². The average molecular weight is 350 g/mol. The van der Waals surface area contributed by atoms with Gasteiger partial charge in [0.15, 0.2) is 0 Å². The number of pyridine rings is 1. The van der Waals surface area contributed by atoms with Crippen LogP contribution in [0.3, 0.4) is 0 Å². The van der Waals surface area contributed by atoms with Crippen molar-refractivity contribution in [1.29, 1.82) is 0 Å². The summed E-state index contributed by atoms with van der Waals surface area (Å²) >= 11 is 0. The van der Waals surface area contributed by atoms with Crippen LogP contribution < -0.4 is 4.74 Å². The lowest BCUT2D eigenvalue weighted by atomic mass is 10.1. The molecule has 0 radical (unpaired) electrons. The molecule has 3 heterocycles. The van der Waals surface area contributed by atoms with E-state index in [4.69, 9.17) is 9.47 Å². The second-order valence-electron chi connectivity index (χ2n) is 6.33. The van der Waals surface area contributed by atoms with Crippen molar-refractivity contribution in [2.45, 2.75) is 12.6 Å². The van der Waals surface area contributed by atoms with Gasteiger partial charge in [-0.15, -0.1) is 0 Å². The molecule has 1 aliphatic rings. The van der Waals surface area contributed by atoms with Crippen molar-refractivity contribution in [1.82, 2.24) is 19.9 Å². The van der Waals surface area contributed by atoms with E-state index >= 15 is 0 Å². The van der Waals surface area contributed by atoms with Crippen LogP contribution in [0.2, 0.25) is 0 Å². The Morgan fingerprint density at radius 1 is 1.19 bits per heavy atom. The number of nitrogens with one attached hydrogen (secondary N) is 1. The summed E-state index contributed by atoms with van der Waals surface area (Å²) in [5.74, 6) is 1.78. The zero-order valence-corrected chi connectivity index (χ0v) is 14.8. The maximum atomic E-state index is 5.72. The van der Waals surface area contributed by atoms with Gasteiger partial charge in [-0.25, -0.2) is 4.98 Å². The first-order chi connectivity index (χ1) is 12.8. The lowest BCUT2D eigenvalue weighted by molar-refractivity contribution is -0.0156. The molecular weight excluding hydrogens is 328 g/mol. The fourth-order valence-corrected chi connectivity index (χ4v) is 3.23. The quantitative estimate of drug-likeness (QED) is 0.766. The van der Waals surface area contributed by atoms with Crippen LogP contribution in [0.4, 0.5) is 0 Å². The Bertz CT molecular complexity index is 833. The Morgan fingerprint density at radius 2 is 2.00 bits per heavy atom. The van der Waals surface area contributed by atoms with E-state index in [0.29, 0.717) is 6.61 Å². The normalized spacial score (nSPS) is 18.0. The predicted octanol–water partition coefficient (Wildman–Crippen LogP) is 3.05. The monoisotopic (exact) mass is 350 g/mol. The molecule has 1 aromatic carbocycles. The molecule has 1 atom stereocenters. The molecule has 1 N–H and O–H groups in total. The fraction of sp³-hybridized carbons (Fsp3) is 0.300. The van der Waals surface area contributed by atoms with Crippen molar-refractivity contribution in [3.05, 3.63) is 66.4 Å². The number of aromatic amines is 1. The Hall–Kier alpha value is -2.70. The van der Waals surface area contributed by atoms with Crippen molar-refractivity contribution in [2.75, 3.05) is 26.9 Å². The molecule has 4 rings (SSSR count). The number of methoxy groups -OCH3 is 1. The number of imidazole rings is 1. The SMILES string of the molecule is COc1ccc(-c2cnc(C3COCCN3Cc3ccncc3)[nH]2)cc1. The highest BCUT2D eigenvalue weighted by molar-refractivity contribution is 5.59. The molecule has 1 aliphatic heterocycles. The summed E-state index contributed by atoms with van der Waals surface area (Å²) in [5.41, 5.74) is 3.33. The highest BCUT2D eigenvalue weighted by Gasteiger charge is 2.27. The van der Waals surface area contributed by atoms with Crippen LogP contribution in [-0.4, -0.2) is 46.7 Å². The van der Waals surface area contributed by atoms with Crippen molar-refractivity contribution in [3.8, 4) is 17.0 Å². The zero-order chi connectivity index (χ0) is 17.8. The minimum atomic E-state index is 0.115. The molecule has 1 saturated heterocycles. The molecule has 26 heavy (non-hydrogen) atoms. The summed E-state index contributed by atoms with van der Waals surface area (Å²) in [4.78, 5) is 14.6. The maximum absolute atomic E-state index is 5.72. The van der Waals surface area contributed by atoms with Crippen LogP contribution in [-0.2, 0) is 11.3 Å². The number of morpholine rings is 1. The maximum Gasteiger partial charge on any atom is 0.126 e. The number of hydrogen-bond acceptors (Lipinski definition) is 5. The van der Waals surface area contributed by atoms with Gasteiger partial charge in [0, 0.05) is 25.5 Å². The van der Waals surface area contributed by atoms with Gasteiger partial charge in [0.2, 0.25) is 0 Å². The minimum absolute atomic E-state index is 0.115. The van der Waals surface area contributed by atoms with Gasteiger partial charge >= 0.3 is 0 Å². The minimum Gasteiger partial charge on any atom is -0.497 e. The smallest absolute Gasteiger partial charge is 0.126 e. The van der Waals surface area contributed by atoms with E-state index in [1.165, 1.54) is 5.56 Å². The van der Waals surface area contributed by atoms with Crippen LogP contribution in [0.25, 0.3) is 11.3 Å². The summed E-state index contributed by atoms with van der Waals surface area (Å²) in [7, 11) is 1.67. The Balaban J connectivity index is 1.54. The predicted molar refractivity (Wildman–Crippen MR) is 98.8 cm³/mol. The topological polar surface area (TPSA) is 63.3 Å². The number of H-pyrrole nitrogens is 1. The molecule has 1 fully saturated rings. The standard InChI is InChI=1S/C20H22N4O2/c1-25-17-4-2-16(3-5-17)18-12-22-20(23-18)19-14-26-11-10-24(19)13-15-6-8-21-9-7-15/h2-9,12,19H,10-11,13-14H2,1H3,(H,22,23). The van der Waals surface area contributed by atoms with Crippen LogP contribution in [0.15, 0.2) is 55.0 Å². The summed E-state index contributed by atoms with van der Waals surface area (Å²) in [6.45, 7) is 3.12. The Morgan fingerprint density at radius 3 is 2.77 bits per heavy atom. The van der Waals surface area contributed by atoms with Gasteiger partial charge in [0.05, 0.1) is 38.3 Å². The number of hydrogen-bond donors (Lipinski definition) is 1. The molecule has 1 unspecified atom stereocenters. The summed E-state index contributed by atoms with van der Waals surface area (Å²) in [5, 5.41) is 0. The van der Waals surface area contributed by atoms with Gasteiger partial charge in [0.1, 0.15) is 11.6 Å². The van der Waals surface area contributed by atoms with Gasteiger partial charge in [0.25, 0.3) is 0 Å². The van der Waals surface area contributed by atoms with Crippen LogP contribution >= 0.6 is 0 Å². The van der Waals surface area contributed by atoms with Gasteiger partial charge in [-0.05, 0) is 47.5 Å². The molecule has 2 aromatic heterocycles. The number of benzene rings is 1. The van der Waals surface area contributed by atoms with Gasteiger partial charge in [-0.2, -0.15) is 0 Å². The van der Waals surface area contributed by atoms with E-state index in [1.807, 2.05) is 42.9 Å². The van der Waals surface area contributed by atoms with Gasteiger partial charge < -0.3 is 14.5 Å². The third kappa shape index (κ3) is 3.61. The lowest BCUT2D eigenvalue weighted by Crippen LogP contribution is -2.39. The molecule has 3 aromatic rings. The summed E-state index contributed by atoms with van der Waals surface area (Å²) < 4.78 is 10.9. The third-order valence-corrected chi connectivity index (χ3v) is 4.69.